The molecule has 90 valence electrons. The predicted octanol–water partition coefficient (Wildman–Crippen LogP) is 2.43. The molecule has 4 nitrogen and oxygen atoms in total. The number of pyridine rings is 1. The van der Waals surface area contributed by atoms with Crippen LogP contribution < -0.4 is 0 Å². The molecular weight excluding hydrogens is 236 g/mol. The molecule has 0 fully saturated rings. The van der Waals surface area contributed by atoms with Gasteiger partial charge in [-0.25, -0.2) is 4.98 Å². The van der Waals surface area contributed by atoms with Crippen molar-refractivity contribution in [3.63, 3.8) is 0 Å². The Kier molecular flexibility index (Phi) is 5.46. The van der Waals surface area contributed by atoms with Gasteiger partial charge in [-0.05, 0) is 24.3 Å². The fourth-order valence-corrected chi connectivity index (χ4v) is 2.47. The number of hydrogen-bond donors (Lipinski definition) is 0. The number of nitrogens with zero attached hydrogens (tertiary/aromatic N) is 2. The molecular formula is C12H14N2O2S. The van der Waals surface area contributed by atoms with E-state index in [2.05, 4.69) is 35.5 Å². The highest BCUT2D eigenvalue weighted by Gasteiger charge is 2.08. The first-order chi connectivity index (χ1) is 8.28. The van der Waals surface area contributed by atoms with Crippen molar-refractivity contribution in [1.29, 1.82) is 0 Å². The van der Waals surface area contributed by atoms with Gasteiger partial charge in [0.2, 0.25) is 0 Å². The minimum atomic E-state index is 0.250. The second-order valence-electron chi connectivity index (χ2n) is 3.16. The Labute approximate surface area is 104 Å². The maximum Gasteiger partial charge on any atom is 0.373 e. The lowest BCUT2D eigenvalue weighted by Crippen LogP contribution is -1.87. The van der Waals surface area contributed by atoms with Crippen LogP contribution in [0.15, 0.2) is 29.4 Å². The maximum atomic E-state index is 8.12. The molecule has 5 heteroatoms. The summed E-state index contributed by atoms with van der Waals surface area (Å²) < 4.78 is 2.17. The minimum Gasteiger partial charge on any atom is -0.294 e. The van der Waals surface area contributed by atoms with Crippen molar-refractivity contribution < 1.29 is 9.59 Å². The molecule has 0 aliphatic carbocycles. The fraction of sp³-hybridized carbons (Fsp3) is 0.333. The van der Waals surface area contributed by atoms with Crippen molar-refractivity contribution >= 4 is 23.6 Å². The molecule has 0 aliphatic rings. The minimum absolute atomic E-state index is 0.250. The van der Waals surface area contributed by atoms with Crippen molar-refractivity contribution in [3.8, 4) is 0 Å². The van der Waals surface area contributed by atoms with Gasteiger partial charge in [0.1, 0.15) is 10.7 Å². The summed E-state index contributed by atoms with van der Waals surface area (Å²) >= 11 is 1.86. The van der Waals surface area contributed by atoms with E-state index in [0.717, 1.165) is 17.8 Å². The summed E-state index contributed by atoms with van der Waals surface area (Å²) in [6, 6.07) is 6.13. The molecule has 2 aromatic rings. The molecule has 0 atom stereocenters. The van der Waals surface area contributed by atoms with Gasteiger partial charge in [-0.3, -0.25) is 4.40 Å². The van der Waals surface area contributed by atoms with Crippen LogP contribution in [0.2, 0.25) is 0 Å². The van der Waals surface area contributed by atoms with E-state index in [1.165, 1.54) is 10.7 Å². The largest absolute Gasteiger partial charge is 0.373 e. The molecule has 0 unspecified atom stereocenters. The van der Waals surface area contributed by atoms with E-state index < -0.39 is 0 Å². The van der Waals surface area contributed by atoms with E-state index in [0.29, 0.717) is 0 Å². The lowest BCUT2D eigenvalue weighted by atomic mass is 10.4. The van der Waals surface area contributed by atoms with Crippen LogP contribution in [0.3, 0.4) is 0 Å². The van der Waals surface area contributed by atoms with Crippen LogP contribution in [0.25, 0.3) is 5.65 Å². The number of fused-ring (bicyclic) bond motifs is 1. The molecule has 0 saturated heterocycles. The highest BCUT2D eigenvalue weighted by atomic mass is 32.2. The van der Waals surface area contributed by atoms with Crippen LogP contribution in [-0.4, -0.2) is 21.3 Å². The van der Waals surface area contributed by atoms with Crippen LogP contribution in [0, 0.1) is 0 Å². The molecule has 17 heavy (non-hydrogen) atoms. The summed E-state index contributed by atoms with van der Waals surface area (Å²) in [5.41, 5.74) is 2.27. The molecule has 0 radical (unpaired) electrons. The molecule has 0 aromatic carbocycles. The van der Waals surface area contributed by atoms with Gasteiger partial charge in [0.15, 0.2) is 0 Å². The van der Waals surface area contributed by atoms with Crippen LogP contribution in [-0.2, 0) is 16.0 Å². The third-order valence-corrected chi connectivity index (χ3v) is 3.16. The topological polar surface area (TPSA) is 51.4 Å². The highest BCUT2D eigenvalue weighted by molar-refractivity contribution is 7.99. The maximum absolute atomic E-state index is 8.12. The van der Waals surface area contributed by atoms with E-state index in [1.807, 2.05) is 23.9 Å². The lowest BCUT2D eigenvalue weighted by molar-refractivity contribution is -0.191. The number of aryl methyl sites for hydroxylation is 1. The van der Waals surface area contributed by atoms with Gasteiger partial charge in [0, 0.05) is 6.20 Å². The summed E-state index contributed by atoms with van der Waals surface area (Å²) in [6.45, 7) is 4.33. The van der Waals surface area contributed by atoms with E-state index >= 15 is 0 Å². The molecule has 0 aliphatic heterocycles. The number of thioether (sulfide) groups is 1. The first-order valence-electron chi connectivity index (χ1n) is 5.36. The monoisotopic (exact) mass is 250 g/mol. The third kappa shape index (κ3) is 3.19. The first kappa shape index (κ1) is 13.5. The summed E-state index contributed by atoms with van der Waals surface area (Å²) in [6.07, 6.45) is 3.34. The Balaban J connectivity index is 0.000000437. The van der Waals surface area contributed by atoms with Gasteiger partial charge >= 0.3 is 6.15 Å². The fourth-order valence-electron chi connectivity index (χ4n) is 1.54. The summed E-state index contributed by atoms with van der Waals surface area (Å²) in [5, 5.41) is 1.30. The van der Waals surface area contributed by atoms with Crippen LogP contribution in [0.5, 0.6) is 0 Å². The van der Waals surface area contributed by atoms with E-state index in [-0.39, 0.29) is 6.15 Å². The van der Waals surface area contributed by atoms with Gasteiger partial charge in [0.05, 0.1) is 5.69 Å². The molecule has 2 rings (SSSR count). The number of rotatable bonds is 3. The Morgan fingerprint density at radius 2 is 2.06 bits per heavy atom. The van der Waals surface area contributed by atoms with Crippen LogP contribution >= 0.6 is 11.8 Å². The Bertz CT molecular complexity index is 516. The van der Waals surface area contributed by atoms with Gasteiger partial charge in [-0.2, -0.15) is 9.59 Å². The van der Waals surface area contributed by atoms with Crippen molar-refractivity contribution in [2.24, 2.45) is 0 Å². The Morgan fingerprint density at radius 3 is 2.65 bits per heavy atom. The number of aromatic nitrogens is 2. The smallest absolute Gasteiger partial charge is 0.294 e. The lowest BCUT2D eigenvalue weighted by Gasteiger charge is -2.00. The molecule has 2 aromatic heterocycles. The SMILES string of the molecule is CCSc1c(CC)nc2ccccn12.O=C=O. The van der Waals surface area contributed by atoms with Gasteiger partial charge in [0.25, 0.3) is 0 Å². The number of imidazole rings is 1. The zero-order chi connectivity index (χ0) is 12.7. The summed E-state index contributed by atoms with van der Waals surface area (Å²) in [7, 11) is 0. The normalized spacial score (nSPS) is 9.53. The molecule has 0 N–H and O–H groups in total. The zero-order valence-corrected chi connectivity index (χ0v) is 10.7. The van der Waals surface area contributed by atoms with Crippen molar-refractivity contribution in [1.82, 2.24) is 9.38 Å². The second kappa shape index (κ2) is 6.89. The standard InChI is InChI=1S/C11H14N2S.CO2/c1-3-9-11(14-4-2)13-8-6-5-7-10(13)12-9;2-1-3/h5-8H,3-4H2,1-2H3;. The van der Waals surface area contributed by atoms with Crippen molar-refractivity contribution in [2.45, 2.75) is 25.3 Å². The van der Waals surface area contributed by atoms with E-state index in [1.54, 1.807) is 0 Å². The zero-order valence-electron chi connectivity index (χ0n) is 9.84. The molecule has 0 amide bonds. The Morgan fingerprint density at radius 1 is 1.35 bits per heavy atom. The van der Waals surface area contributed by atoms with Crippen LogP contribution in [0.4, 0.5) is 0 Å². The summed E-state index contributed by atoms with van der Waals surface area (Å²) in [5.74, 6) is 1.09. The third-order valence-electron chi connectivity index (χ3n) is 2.17. The van der Waals surface area contributed by atoms with Gasteiger partial charge < -0.3 is 0 Å². The van der Waals surface area contributed by atoms with Crippen molar-refractivity contribution in [2.75, 3.05) is 5.75 Å². The molecule has 0 bridgehead atoms. The van der Waals surface area contributed by atoms with E-state index in [4.69, 9.17) is 9.59 Å². The molecule has 2 heterocycles. The highest BCUT2D eigenvalue weighted by Crippen LogP contribution is 2.24. The first-order valence-corrected chi connectivity index (χ1v) is 6.35. The van der Waals surface area contributed by atoms with Gasteiger partial charge in [-0.1, -0.05) is 19.9 Å². The van der Waals surface area contributed by atoms with Crippen molar-refractivity contribution in [3.05, 3.63) is 30.1 Å². The second-order valence-corrected chi connectivity index (χ2v) is 4.42. The number of carbonyl (C=O) groups excluding carboxylic acids is 2. The molecule has 0 spiro atoms. The van der Waals surface area contributed by atoms with Crippen LogP contribution in [0.1, 0.15) is 19.5 Å². The predicted molar refractivity (Wildman–Crippen MR) is 66.0 cm³/mol. The van der Waals surface area contributed by atoms with E-state index in [9.17, 15) is 0 Å². The Hall–Kier alpha value is -1.58. The average molecular weight is 250 g/mol. The average Bonchev–Trinajstić information content (AvgIpc) is 2.69. The van der Waals surface area contributed by atoms with Gasteiger partial charge in [-0.15, -0.1) is 11.8 Å². The molecule has 0 saturated carbocycles. The number of hydrogen-bond acceptors (Lipinski definition) is 4. The summed E-state index contributed by atoms with van der Waals surface area (Å²) in [4.78, 5) is 20.8. The quantitative estimate of drug-likeness (QED) is 0.785.